The van der Waals surface area contributed by atoms with Crippen LogP contribution in [0.1, 0.15) is 11.1 Å². The molecule has 0 saturated carbocycles. The van der Waals surface area contributed by atoms with Crippen LogP contribution in [-0.4, -0.2) is 31.1 Å². The average Bonchev–Trinajstić information content (AvgIpc) is 3.12. The molecule has 25 heavy (non-hydrogen) atoms. The molecule has 0 radical (unpaired) electrons. The smallest absolute Gasteiger partial charge is 0.203 e. The van der Waals surface area contributed by atoms with Gasteiger partial charge in [0.05, 0.1) is 38.9 Å². The summed E-state index contributed by atoms with van der Waals surface area (Å²) in [6, 6.07) is 12.1. The molecule has 5 heteroatoms. The number of benzene rings is 2. The molecule has 0 unspecified atom stereocenters. The Labute approximate surface area is 147 Å². The third-order valence-electron chi connectivity index (χ3n) is 4.34. The number of methoxy groups -OCH3 is 3. The summed E-state index contributed by atoms with van der Waals surface area (Å²) in [5, 5.41) is 4.49. The van der Waals surface area contributed by atoms with Gasteiger partial charge in [0.1, 0.15) is 0 Å². The highest BCUT2D eigenvalue weighted by Gasteiger charge is 2.16. The number of hydrogen-bond donors (Lipinski definition) is 0. The molecule has 5 nitrogen and oxygen atoms in total. The van der Waals surface area contributed by atoms with Gasteiger partial charge >= 0.3 is 0 Å². The van der Waals surface area contributed by atoms with E-state index < -0.39 is 0 Å². The fourth-order valence-electron chi connectivity index (χ4n) is 2.81. The second-order valence-corrected chi connectivity index (χ2v) is 5.81. The molecule has 0 spiro atoms. The highest BCUT2D eigenvalue weighted by Crippen LogP contribution is 2.41. The lowest BCUT2D eigenvalue weighted by Crippen LogP contribution is -2.01. The summed E-state index contributed by atoms with van der Waals surface area (Å²) < 4.78 is 18.2. The van der Waals surface area contributed by atoms with Gasteiger partial charge in [0.15, 0.2) is 11.5 Å². The quantitative estimate of drug-likeness (QED) is 0.700. The third kappa shape index (κ3) is 3.05. The van der Waals surface area contributed by atoms with Crippen molar-refractivity contribution < 1.29 is 14.2 Å². The Hall–Kier alpha value is -2.95. The zero-order chi connectivity index (χ0) is 18.0. The summed E-state index contributed by atoms with van der Waals surface area (Å²) in [5.41, 5.74) is 5.37. The molecule has 0 aliphatic rings. The van der Waals surface area contributed by atoms with Gasteiger partial charge in [0.25, 0.3) is 0 Å². The van der Waals surface area contributed by atoms with E-state index in [4.69, 9.17) is 14.2 Å². The minimum absolute atomic E-state index is 0.575. The lowest BCUT2D eigenvalue weighted by Gasteiger charge is -2.15. The van der Waals surface area contributed by atoms with Crippen LogP contribution in [-0.2, 0) is 0 Å². The minimum atomic E-state index is 0.575. The van der Waals surface area contributed by atoms with Crippen LogP contribution in [0, 0.1) is 13.8 Å². The first-order chi connectivity index (χ1) is 12.1. The van der Waals surface area contributed by atoms with E-state index in [1.807, 2.05) is 22.9 Å². The molecule has 0 saturated heterocycles. The summed E-state index contributed by atoms with van der Waals surface area (Å²) >= 11 is 0. The molecule has 0 amide bonds. The zero-order valence-electron chi connectivity index (χ0n) is 15.2. The Morgan fingerprint density at radius 2 is 1.48 bits per heavy atom. The van der Waals surface area contributed by atoms with Crippen LogP contribution in [0.5, 0.6) is 17.2 Å². The van der Waals surface area contributed by atoms with Crippen molar-refractivity contribution in [2.24, 2.45) is 0 Å². The van der Waals surface area contributed by atoms with Crippen LogP contribution in [0.3, 0.4) is 0 Å². The van der Waals surface area contributed by atoms with Crippen molar-refractivity contribution in [1.29, 1.82) is 0 Å². The van der Waals surface area contributed by atoms with Gasteiger partial charge in [-0.05, 0) is 55.3 Å². The molecule has 3 rings (SSSR count). The van der Waals surface area contributed by atoms with Gasteiger partial charge in [0, 0.05) is 5.56 Å². The van der Waals surface area contributed by atoms with E-state index in [1.54, 1.807) is 27.5 Å². The number of aromatic nitrogens is 2. The lowest BCUT2D eigenvalue weighted by atomic mass is 10.1. The first-order valence-electron chi connectivity index (χ1n) is 8.01. The van der Waals surface area contributed by atoms with Crippen LogP contribution < -0.4 is 14.2 Å². The molecule has 130 valence electrons. The molecular formula is C20H22N2O3. The summed E-state index contributed by atoms with van der Waals surface area (Å²) in [4.78, 5) is 0. The fourth-order valence-corrected chi connectivity index (χ4v) is 2.81. The topological polar surface area (TPSA) is 45.5 Å². The monoisotopic (exact) mass is 338 g/mol. The first kappa shape index (κ1) is 16.9. The molecule has 1 aromatic heterocycles. The Kier molecular flexibility index (Phi) is 4.65. The largest absolute Gasteiger partial charge is 0.493 e. The third-order valence-corrected chi connectivity index (χ3v) is 4.34. The number of hydrogen-bond acceptors (Lipinski definition) is 4. The number of rotatable bonds is 5. The van der Waals surface area contributed by atoms with Crippen molar-refractivity contribution in [3.63, 3.8) is 0 Å². The van der Waals surface area contributed by atoms with Crippen molar-refractivity contribution >= 4 is 0 Å². The molecular weight excluding hydrogens is 316 g/mol. The standard InChI is InChI=1S/C20H22N2O3/c1-13-6-7-16(10-14(13)2)22-17(8-9-21-22)15-11-18(23-3)20(25-5)19(12-15)24-4/h6-12H,1-5H3. The van der Waals surface area contributed by atoms with E-state index in [0.717, 1.165) is 16.9 Å². The van der Waals surface area contributed by atoms with Gasteiger partial charge in [-0.3, -0.25) is 0 Å². The Morgan fingerprint density at radius 3 is 2.04 bits per heavy atom. The van der Waals surface area contributed by atoms with Crippen LogP contribution in [0.25, 0.3) is 16.9 Å². The summed E-state index contributed by atoms with van der Waals surface area (Å²) in [6.07, 6.45) is 1.79. The molecule has 2 aromatic carbocycles. The predicted molar refractivity (Wildman–Crippen MR) is 98.1 cm³/mol. The van der Waals surface area contributed by atoms with E-state index in [0.29, 0.717) is 17.2 Å². The highest BCUT2D eigenvalue weighted by atomic mass is 16.5. The maximum absolute atomic E-state index is 5.46. The Balaban J connectivity index is 2.15. The van der Waals surface area contributed by atoms with Crippen LogP contribution in [0.4, 0.5) is 0 Å². The predicted octanol–water partition coefficient (Wildman–Crippen LogP) is 4.18. The normalized spacial score (nSPS) is 10.6. The van der Waals surface area contributed by atoms with E-state index in [9.17, 15) is 0 Å². The van der Waals surface area contributed by atoms with Crippen LogP contribution in [0.15, 0.2) is 42.6 Å². The van der Waals surface area contributed by atoms with Crippen molar-refractivity contribution in [3.05, 3.63) is 53.7 Å². The molecule has 0 fully saturated rings. The van der Waals surface area contributed by atoms with E-state index in [2.05, 4.69) is 37.1 Å². The molecule has 0 N–H and O–H groups in total. The summed E-state index contributed by atoms with van der Waals surface area (Å²) in [5.74, 6) is 1.81. The summed E-state index contributed by atoms with van der Waals surface area (Å²) in [6.45, 7) is 4.20. The van der Waals surface area contributed by atoms with E-state index in [1.165, 1.54) is 11.1 Å². The van der Waals surface area contributed by atoms with Crippen molar-refractivity contribution in [3.8, 4) is 34.2 Å². The van der Waals surface area contributed by atoms with Gasteiger partial charge in [-0.15, -0.1) is 0 Å². The van der Waals surface area contributed by atoms with Crippen molar-refractivity contribution in [1.82, 2.24) is 9.78 Å². The van der Waals surface area contributed by atoms with E-state index in [-0.39, 0.29) is 0 Å². The Morgan fingerprint density at radius 1 is 0.800 bits per heavy atom. The number of nitrogens with zero attached hydrogens (tertiary/aromatic N) is 2. The zero-order valence-corrected chi connectivity index (χ0v) is 15.2. The molecule has 3 aromatic rings. The SMILES string of the molecule is COc1cc(-c2ccnn2-c2ccc(C)c(C)c2)cc(OC)c1OC. The molecule has 1 heterocycles. The van der Waals surface area contributed by atoms with Gasteiger partial charge in [0.2, 0.25) is 5.75 Å². The molecule has 0 aliphatic heterocycles. The van der Waals surface area contributed by atoms with Crippen LogP contribution in [0.2, 0.25) is 0 Å². The maximum atomic E-state index is 5.46. The first-order valence-corrected chi connectivity index (χ1v) is 8.01. The second-order valence-electron chi connectivity index (χ2n) is 5.81. The van der Waals surface area contributed by atoms with Gasteiger partial charge in [-0.1, -0.05) is 6.07 Å². The summed E-state index contributed by atoms with van der Waals surface area (Å²) in [7, 11) is 4.82. The van der Waals surface area contributed by atoms with Crippen LogP contribution >= 0.6 is 0 Å². The van der Waals surface area contributed by atoms with Crippen molar-refractivity contribution in [2.45, 2.75) is 13.8 Å². The Bertz CT molecular complexity index is 875. The van der Waals surface area contributed by atoms with Gasteiger partial charge in [-0.2, -0.15) is 5.10 Å². The molecule has 0 atom stereocenters. The second kappa shape index (κ2) is 6.89. The molecule has 0 bridgehead atoms. The lowest BCUT2D eigenvalue weighted by molar-refractivity contribution is 0.324. The fraction of sp³-hybridized carbons (Fsp3) is 0.250. The maximum Gasteiger partial charge on any atom is 0.203 e. The highest BCUT2D eigenvalue weighted by molar-refractivity contribution is 5.70. The van der Waals surface area contributed by atoms with E-state index >= 15 is 0 Å². The minimum Gasteiger partial charge on any atom is -0.493 e. The van der Waals surface area contributed by atoms with Gasteiger partial charge < -0.3 is 14.2 Å². The van der Waals surface area contributed by atoms with Gasteiger partial charge in [-0.25, -0.2) is 4.68 Å². The number of ether oxygens (including phenoxy) is 3. The number of aryl methyl sites for hydroxylation is 2. The average molecular weight is 338 g/mol. The van der Waals surface area contributed by atoms with Crippen molar-refractivity contribution in [2.75, 3.05) is 21.3 Å². The molecule has 0 aliphatic carbocycles.